The number of amides is 3. The highest BCUT2D eigenvalue weighted by Gasteiger charge is 2.26. The number of aromatic amines is 1. The Hall–Kier alpha value is -3.78. The number of para-hydroxylation sites is 1. The molecule has 2 rings (SSSR count). The van der Waals surface area contributed by atoms with E-state index in [9.17, 15) is 19.2 Å². The molecule has 3 amide bonds. The minimum Gasteiger partial charge on any atom is -0.480 e. The van der Waals surface area contributed by atoms with Gasteiger partial charge in [0.2, 0.25) is 17.7 Å². The van der Waals surface area contributed by atoms with Gasteiger partial charge >= 0.3 is 5.97 Å². The molecule has 1 aromatic carbocycles. The predicted molar refractivity (Wildman–Crippen MR) is 138 cm³/mol. The number of aromatic nitrogens is 1. The van der Waals surface area contributed by atoms with E-state index in [0.717, 1.165) is 16.5 Å². The summed E-state index contributed by atoms with van der Waals surface area (Å²) >= 11 is 3.88. The Morgan fingerprint density at radius 1 is 1.08 bits per heavy atom. The number of benzene rings is 1. The summed E-state index contributed by atoms with van der Waals surface area (Å²) in [7, 11) is 0. The first-order valence-corrected chi connectivity index (χ1v) is 11.8. The van der Waals surface area contributed by atoms with E-state index in [1.54, 1.807) is 6.20 Å². The number of aliphatic carboxylic acids is 1. The quantitative estimate of drug-likeness (QED) is 0.0595. The second kappa shape index (κ2) is 13.9. The van der Waals surface area contributed by atoms with Gasteiger partial charge in [0, 0.05) is 35.8 Å². The molecule has 11 N–H and O–H groups in total. The van der Waals surface area contributed by atoms with Crippen molar-refractivity contribution in [2.24, 2.45) is 22.2 Å². The number of carboxylic acid groups (broad SMARTS) is 1. The zero-order valence-electron chi connectivity index (χ0n) is 19.6. The SMILES string of the molecule is NC(N)=NCCCC(N)C(=O)NC(Cc1c[nH]c2ccccc12)C(=O)NCC(=O)NC(CS)C(=O)O. The summed E-state index contributed by atoms with van der Waals surface area (Å²) in [6.07, 6.45) is 2.61. The van der Waals surface area contributed by atoms with Crippen molar-refractivity contribution in [1.82, 2.24) is 20.9 Å². The maximum Gasteiger partial charge on any atom is 0.327 e. The van der Waals surface area contributed by atoms with Crippen LogP contribution in [0.3, 0.4) is 0 Å². The van der Waals surface area contributed by atoms with Crippen LogP contribution in [0.4, 0.5) is 0 Å². The summed E-state index contributed by atoms with van der Waals surface area (Å²) in [6.45, 7) is -0.178. The Morgan fingerprint density at radius 2 is 1.81 bits per heavy atom. The number of guanidine groups is 1. The lowest BCUT2D eigenvalue weighted by molar-refractivity contribution is -0.141. The molecule has 13 nitrogen and oxygen atoms in total. The van der Waals surface area contributed by atoms with E-state index in [1.165, 1.54) is 0 Å². The molecule has 0 aliphatic heterocycles. The molecule has 14 heteroatoms. The van der Waals surface area contributed by atoms with E-state index in [1.807, 2.05) is 24.3 Å². The fourth-order valence-electron chi connectivity index (χ4n) is 3.38. The van der Waals surface area contributed by atoms with Crippen LogP contribution in [0, 0.1) is 0 Å². The standard InChI is InChI=1S/C22H32N8O5S/c23-14(5-3-7-26-22(24)25)19(32)30-16(8-12-9-27-15-6-2-1-4-13(12)15)20(33)28-10-18(31)29-17(11-36)21(34)35/h1-2,4,6,9,14,16-17,27,36H,3,5,7-8,10-11,23H2,(H,28,33)(H,29,31)(H,30,32)(H,34,35)(H4,24,25,26). The Balaban J connectivity index is 2.08. The minimum atomic E-state index is -1.25. The number of rotatable bonds is 14. The van der Waals surface area contributed by atoms with Gasteiger partial charge < -0.3 is 43.2 Å². The van der Waals surface area contributed by atoms with Gasteiger partial charge in [-0.05, 0) is 24.5 Å². The van der Waals surface area contributed by atoms with Crippen molar-refractivity contribution in [3.8, 4) is 0 Å². The lowest BCUT2D eigenvalue weighted by Crippen LogP contribution is -2.54. The summed E-state index contributed by atoms with van der Waals surface area (Å²) in [5, 5.41) is 17.3. The predicted octanol–water partition coefficient (Wildman–Crippen LogP) is -1.81. The van der Waals surface area contributed by atoms with Crippen LogP contribution in [0.25, 0.3) is 10.9 Å². The van der Waals surface area contributed by atoms with Crippen LogP contribution in [-0.2, 0) is 25.6 Å². The third kappa shape index (κ3) is 8.78. The maximum absolute atomic E-state index is 13.0. The average Bonchev–Trinajstić information content (AvgIpc) is 3.25. The number of H-pyrrole nitrogens is 1. The number of carboxylic acids is 1. The van der Waals surface area contributed by atoms with Crippen LogP contribution in [-0.4, -0.2) is 76.7 Å². The molecule has 0 aliphatic rings. The van der Waals surface area contributed by atoms with E-state index in [-0.39, 0.29) is 24.6 Å². The van der Waals surface area contributed by atoms with E-state index in [0.29, 0.717) is 13.0 Å². The first kappa shape index (κ1) is 28.5. The van der Waals surface area contributed by atoms with Crippen LogP contribution < -0.4 is 33.2 Å². The molecule has 3 atom stereocenters. The van der Waals surface area contributed by atoms with Crippen molar-refractivity contribution in [3.63, 3.8) is 0 Å². The molecule has 0 saturated heterocycles. The molecule has 0 bridgehead atoms. The van der Waals surface area contributed by atoms with Crippen LogP contribution in [0.2, 0.25) is 0 Å². The summed E-state index contributed by atoms with van der Waals surface area (Å²) in [6, 6.07) is 4.32. The van der Waals surface area contributed by atoms with Crippen LogP contribution >= 0.6 is 12.6 Å². The van der Waals surface area contributed by atoms with Crippen molar-refractivity contribution in [3.05, 3.63) is 36.0 Å². The minimum absolute atomic E-state index is 0.0587. The average molecular weight is 521 g/mol. The Labute approximate surface area is 213 Å². The van der Waals surface area contributed by atoms with E-state index in [4.69, 9.17) is 22.3 Å². The van der Waals surface area contributed by atoms with Gasteiger partial charge in [-0.1, -0.05) is 18.2 Å². The van der Waals surface area contributed by atoms with Crippen LogP contribution in [0.1, 0.15) is 18.4 Å². The molecule has 1 heterocycles. The monoisotopic (exact) mass is 520 g/mol. The van der Waals surface area contributed by atoms with Gasteiger partial charge in [0.15, 0.2) is 5.96 Å². The smallest absolute Gasteiger partial charge is 0.327 e. The first-order chi connectivity index (χ1) is 17.1. The van der Waals surface area contributed by atoms with E-state index in [2.05, 4.69) is 38.6 Å². The zero-order valence-corrected chi connectivity index (χ0v) is 20.5. The van der Waals surface area contributed by atoms with Gasteiger partial charge in [-0.2, -0.15) is 12.6 Å². The Bertz CT molecular complexity index is 1100. The highest BCUT2D eigenvalue weighted by atomic mass is 32.1. The second-order valence-electron chi connectivity index (χ2n) is 8.04. The summed E-state index contributed by atoms with van der Waals surface area (Å²) in [5.74, 6) is -3.31. The Morgan fingerprint density at radius 3 is 2.47 bits per heavy atom. The van der Waals surface area contributed by atoms with Crippen molar-refractivity contribution < 1.29 is 24.3 Å². The molecule has 2 aromatic rings. The summed E-state index contributed by atoms with van der Waals surface area (Å²) in [4.78, 5) is 55.8. The highest BCUT2D eigenvalue weighted by molar-refractivity contribution is 7.80. The number of hydrogen-bond acceptors (Lipinski definition) is 7. The number of fused-ring (bicyclic) bond motifs is 1. The number of carbonyl (C=O) groups is 4. The lowest BCUT2D eigenvalue weighted by Gasteiger charge is -2.21. The van der Waals surface area contributed by atoms with Gasteiger partial charge in [-0.3, -0.25) is 19.4 Å². The number of carbonyl (C=O) groups excluding carboxylic acids is 3. The summed E-state index contributed by atoms with van der Waals surface area (Å²) < 4.78 is 0. The van der Waals surface area contributed by atoms with Crippen molar-refractivity contribution in [1.29, 1.82) is 0 Å². The molecule has 0 saturated carbocycles. The molecule has 36 heavy (non-hydrogen) atoms. The van der Waals surface area contributed by atoms with Gasteiger partial charge in [0.1, 0.15) is 12.1 Å². The number of nitrogens with zero attached hydrogens (tertiary/aromatic N) is 1. The number of nitrogens with one attached hydrogen (secondary N) is 4. The molecule has 196 valence electrons. The third-order valence-corrected chi connectivity index (χ3v) is 5.64. The second-order valence-corrected chi connectivity index (χ2v) is 8.40. The number of aliphatic imine (C=N–C) groups is 1. The molecule has 0 fully saturated rings. The van der Waals surface area contributed by atoms with E-state index >= 15 is 0 Å². The fourth-order valence-corrected chi connectivity index (χ4v) is 3.63. The van der Waals surface area contributed by atoms with E-state index < -0.39 is 48.4 Å². The molecule has 0 aliphatic carbocycles. The largest absolute Gasteiger partial charge is 0.480 e. The molecule has 3 unspecified atom stereocenters. The fraction of sp³-hybridized carbons (Fsp3) is 0.409. The van der Waals surface area contributed by atoms with Gasteiger partial charge in [0.05, 0.1) is 12.6 Å². The summed E-state index contributed by atoms with van der Waals surface area (Å²) in [5.41, 5.74) is 18.2. The van der Waals surface area contributed by atoms with Crippen molar-refractivity contribution in [2.75, 3.05) is 18.8 Å². The normalized spacial score (nSPS) is 13.3. The van der Waals surface area contributed by atoms with Crippen LogP contribution in [0.15, 0.2) is 35.5 Å². The lowest BCUT2D eigenvalue weighted by atomic mass is 10.0. The third-order valence-electron chi connectivity index (χ3n) is 5.28. The van der Waals surface area contributed by atoms with Gasteiger partial charge in [-0.25, -0.2) is 4.79 Å². The number of thiol groups is 1. The molecular formula is C22H32N8O5S. The van der Waals surface area contributed by atoms with Crippen molar-refractivity contribution in [2.45, 2.75) is 37.4 Å². The van der Waals surface area contributed by atoms with Gasteiger partial charge in [0.25, 0.3) is 0 Å². The zero-order chi connectivity index (χ0) is 26.7. The first-order valence-electron chi connectivity index (χ1n) is 11.2. The number of nitrogens with two attached hydrogens (primary N) is 3. The Kier molecular flexibility index (Phi) is 11.0. The molecule has 1 aromatic heterocycles. The highest BCUT2D eigenvalue weighted by Crippen LogP contribution is 2.19. The molecular weight excluding hydrogens is 488 g/mol. The topological polar surface area (TPSA) is 231 Å². The molecule has 0 radical (unpaired) electrons. The van der Waals surface area contributed by atoms with Crippen LogP contribution in [0.5, 0.6) is 0 Å². The van der Waals surface area contributed by atoms with Crippen molar-refractivity contribution >= 4 is 53.2 Å². The molecule has 0 spiro atoms. The van der Waals surface area contributed by atoms with Gasteiger partial charge in [-0.15, -0.1) is 0 Å². The number of hydrogen-bond donors (Lipinski definition) is 9. The maximum atomic E-state index is 13.0.